The van der Waals surface area contributed by atoms with Crippen LogP contribution in [-0.2, 0) is 9.16 Å². The van der Waals surface area contributed by atoms with E-state index >= 15 is 0 Å². The van der Waals surface area contributed by atoms with Crippen LogP contribution < -0.4 is 4.90 Å². The van der Waals surface area contributed by atoms with Crippen molar-refractivity contribution in [2.24, 2.45) is 5.92 Å². The topological polar surface area (TPSA) is 67.8 Å². The fourth-order valence-corrected chi connectivity index (χ4v) is 4.94. The van der Waals surface area contributed by atoms with Gasteiger partial charge in [0.15, 0.2) is 0 Å². The van der Waals surface area contributed by atoms with E-state index in [2.05, 4.69) is 55.8 Å². The van der Waals surface area contributed by atoms with E-state index in [9.17, 15) is 4.79 Å². The molecule has 0 unspecified atom stereocenters. The second-order valence-corrected chi connectivity index (χ2v) is 13.6. The molecule has 0 aliphatic carbocycles. The zero-order valence-corrected chi connectivity index (χ0v) is 22.1. The van der Waals surface area contributed by atoms with Gasteiger partial charge < -0.3 is 19.0 Å². The number of piperidine rings is 1. The van der Waals surface area contributed by atoms with Crippen molar-refractivity contribution >= 4 is 21.5 Å². The van der Waals surface area contributed by atoms with E-state index in [1.165, 1.54) is 0 Å². The summed E-state index contributed by atoms with van der Waals surface area (Å²) in [7, 11) is 0.503. The minimum Gasteiger partial charge on any atom is -0.444 e. The van der Waals surface area contributed by atoms with Crippen molar-refractivity contribution in [3.8, 4) is 0 Å². The number of rotatable bonds is 5. The number of anilines is 1. The van der Waals surface area contributed by atoms with Crippen LogP contribution in [0, 0.1) is 5.92 Å². The average molecular weight is 461 g/mol. The van der Waals surface area contributed by atoms with Crippen LogP contribution in [0.4, 0.5) is 10.5 Å². The Labute approximate surface area is 196 Å². The van der Waals surface area contributed by atoms with E-state index in [4.69, 9.17) is 9.16 Å². The maximum atomic E-state index is 12.3. The van der Waals surface area contributed by atoms with Gasteiger partial charge in [0, 0.05) is 32.1 Å². The molecule has 0 saturated carbocycles. The van der Waals surface area contributed by atoms with Crippen molar-refractivity contribution in [2.75, 3.05) is 31.1 Å². The summed E-state index contributed by atoms with van der Waals surface area (Å²) >= 11 is 0. The molecule has 0 spiro atoms. The number of hydrogen-bond acceptors (Lipinski definition) is 6. The Morgan fingerprint density at radius 1 is 1.06 bits per heavy atom. The second-order valence-electron chi connectivity index (χ2n) is 11.7. The average Bonchev–Trinajstić information content (AvgIpc) is 2.64. The third kappa shape index (κ3) is 6.44. The van der Waals surface area contributed by atoms with Gasteiger partial charge in [-0.25, -0.2) is 4.79 Å². The first-order valence-electron chi connectivity index (χ1n) is 11.7. The zero-order valence-electron chi connectivity index (χ0n) is 21.1. The van der Waals surface area contributed by atoms with Crippen molar-refractivity contribution in [3.05, 3.63) is 18.0 Å². The van der Waals surface area contributed by atoms with E-state index < -0.39 is 5.60 Å². The van der Waals surface area contributed by atoms with Crippen LogP contribution in [0.1, 0.15) is 79.8 Å². The van der Waals surface area contributed by atoms with Gasteiger partial charge in [-0.3, -0.25) is 0 Å². The van der Waals surface area contributed by atoms with Crippen LogP contribution >= 0.6 is 0 Å². The highest BCUT2D eigenvalue weighted by atomic mass is 28.2. The first-order chi connectivity index (χ1) is 14.8. The highest BCUT2D eigenvalue weighted by Crippen LogP contribution is 2.37. The van der Waals surface area contributed by atoms with E-state index in [-0.39, 0.29) is 22.7 Å². The fraction of sp³-hybridized carbons (Fsp3) is 0.792. The normalized spacial score (nSPS) is 19.1. The summed E-state index contributed by atoms with van der Waals surface area (Å²) in [4.78, 5) is 16.5. The summed E-state index contributed by atoms with van der Waals surface area (Å²) in [5.41, 5.74) is 1.56. The number of amides is 1. The first kappa shape index (κ1) is 25.0. The Bertz CT molecular complexity index is 789. The van der Waals surface area contributed by atoms with Crippen LogP contribution in [0.15, 0.2) is 12.3 Å². The third-order valence-corrected chi connectivity index (χ3v) is 7.33. The first-order valence-corrected chi connectivity index (χ1v) is 12.7. The van der Waals surface area contributed by atoms with E-state index in [1.807, 2.05) is 20.8 Å². The Kier molecular flexibility index (Phi) is 7.25. The molecule has 1 amide bonds. The molecular formula is C24H40N4O3Si. The van der Waals surface area contributed by atoms with Crippen molar-refractivity contribution in [1.82, 2.24) is 15.1 Å². The lowest BCUT2D eigenvalue weighted by molar-refractivity contribution is 0.00782. The molecule has 0 aromatic carbocycles. The van der Waals surface area contributed by atoms with Gasteiger partial charge in [-0.15, -0.1) is 0 Å². The Morgan fingerprint density at radius 3 is 2.25 bits per heavy atom. The van der Waals surface area contributed by atoms with Gasteiger partial charge in [-0.1, -0.05) is 20.8 Å². The minimum absolute atomic E-state index is 0.112. The van der Waals surface area contributed by atoms with Crippen LogP contribution in [0.3, 0.4) is 0 Å². The number of carbonyl (C=O) groups is 1. The highest BCUT2D eigenvalue weighted by molar-refractivity contribution is 6.31. The predicted molar refractivity (Wildman–Crippen MR) is 128 cm³/mol. The summed E-state index contributed by atoms with van der Waals surface area (Å²) in [5, 5.41) is 8.82. The molecule has 32 heavy (non-hydrogen) atoms. The Morgan fingerprint density at radius 2 is 1.69 bits per heavy atom. The van der Waals surface area contributed by atoms with Gasteiger partial charge in [0.05, 0.1) is 23.2 Å². The molecule has 7 nitrogen and oxygen atoms in total. The van der Waals surface area contributed by atoms with Crippen molar-refractivity contribution in [1.29, 1.82) is 0 Å². The predicted octanol–water partition coefficient (Wildman–Crippen LogP) is 4.66. The largest absolute Gasteiger partial charge is 0.444 e. The lowest BCUT2D eigenvalue weighted by Crippen LogP contribution is -2.51. The van der Waals surface area contributed by atoms with Gasteiger partial charge in [-0.05, 0) is 64.5 Å². The second kappa shape index (κ2) is 9.29. The van der Waals surface area contributed by atoms with Crippen LogP contribution in [0.25, 0.3) is 0 Å². The van der Waals surface area contributed by atoms with Gasteiger partial charge >= 0.3 is 6.09 Å². The van der Waals surface area contributed by atoms with Gasteiger partial charge in [0.1, 0.15) is 5.60 Å². The fourth-order valence-electron chi connectivity index (χ4n) is 4.20. The van der Waals surface area contributed by atoms with Crippen molar-refractivity contribution < 1.29 is 14.0 Å². The number of ether oxygens (including phenoxy) is 1. The molecule has 2 fully saturated rings. The highest BCUT2D eigenvalue weighted by Gasteiger charge is 2.39. The third-order valence-electron chi connectivity index (χ3n) is 6.09. The number of nitrogens with zero attached hydrogens (tertiary/aromatic N) is 4. The van der Waals surface area contributed by atoms with Gasteiger partial charge in [0.25, 0.3) is 0 Å². The summed E-state index contributed by atoms with van der Waals surface area (Å²) in [6.45, 7) is 20.1. The standard InChI is InChI=1S/C24H40N4O3Si/c1-22(2,3)30-21(29)28-15-17(16-28)20-19(9-12-25-26-20)27-13-10-18(11-14-27)24(7,8)31-32-23(4,5)6/h9,12,17-18H,10-11,13-16H2,1-8H3. The van der Waals surface area contributed by atoms with Crippen LogP contribution in [0.2, 0.25) is 5.04 Å². The lowest BCUT2D eigenvalue weighted by atomic mass is 9.83. The quantitative estimate of drug-likeness (QED) is 0.595. The van der Waals surface area contributed by atoms with E-state index in [1.54, 1.807) is 11.1 Å². The van der Waals surface area contributed by atoms with Crippen molar-refractivity contribution in [2.45, 2.75) is 90.4 Å². The molecule has 8 heteroatoms. The van der Waals surface area contributed by atoms with Gasteiger partial charge in [0.2, 0.25) is 9.76 Å². The smallest absolute Gasteiger partial charge is 0.410 e. The van der Waals surface area contributed by atoms with Crippen molar-refractivity contribution in [3.63, 3.8) is 0 Å². The maximum Gasteiger partial charge on any atom is 0.410 e. The number of hydrogen-bond donors (Lipinski definition) is 0. The molecule has 178 valence electrons. The Hall–Kier alpha value is -1.67. The van der Waals surface area contributed by atoms with Gasteiger partial charge in [-0.2, -0.15) is 10.2 Å². The summed E-state index contributed by atoms with van der Waals surface area (Å²) in [6, 6.07) is 2.07. The van der Waals surface area contributed by atoms with E-state index in [0.29, 0.717) is 28.8 Å². The number of carbonyl (C=O) groups excluding carboxylic acids is 1. The molecule has 0 N–H and O–H groups in total. The molecule has 1 aromatic rings. The maximum absolute atomic E-state index is 12.3. The minimum atomic E-state index is -0.477. The summed E-state index contributed by atoms with van der Waals surface area (Å²) < 4.78 is 11.9. The number of likely N-dealkylation sites (tertiary alicyclic amines) is 1. The molecule has 2 aliphatic rings. The zero-order chi connectivity index (χ0) is 23.7. The summed E-state index contributed by atoms with van der Waals surface area (Å²) in [6.07, 6.45) is 3.71. The Balaban J connectivity index is 1.58. The summed E-state index contributed by atoms with van der Waals surface area (Å²) in [5.74, 6) is 0.745. The van der Waals surface area contributed by atoms with Crippen LogP contribution in [-0.4, -0.2) is 68.3 Å². The van der Waals surface area contributed by atoms with E-state index in [0.717, 1.165) is 37.3 Å². The van der Waals surface area contributed by atoms with Crippen LogP contribution in [0.5, 0.6) is 0 Å². The molecule has 2 saturated heterocycles. The lowest BCUT2D eigenvalue weighted by Gasteiger charge is -2.44. The molecule has 0 atom stereocenters. The molecule has 2 aliphatic heterocycles. The molecule has 3 heterocycles. The number of aromatic nitrogens is 2. The molecule has 1 aromatic heterocycles. The molecule has 0 bridgehead atoms. The molecule has 2 radical (unpaired) electrons. The molecular weight excluding hydrogens is 420 g/mol. The molecule has 3 rings (SSSR count). The SMILES string of the molecule is CC(C)(C)OC(=O)N1CC(c2nnccc2N2CCC(C(C)(C)O[Si]C(C)(C)C)CC2)C1. The monoisotopic (exact) mass is 460 g/mol.